The van der Waals surface area contributed by atoms with Crippen molar-refractivity contribution in [1.29, 1.82) is 0 Å². The third-order valence-electron chi connectivity index (χ3n) is 1.70. The fourth-order valence-corrected chi connectivity index (χ4v) is 2.37. The summed E-state index contributed by atoms with van der Waals surface area (Å²) < 4.78 is 26.2. The number of nitrogens with zero attached hydrogens (tertiary/aromatic N) is 1. The van der Waals surface area contributed by atoms with E-state index in [4.69, 9.17) is 17.3 Å². The smallest absolute Gasteiger partial charge is 0.287 e. The second-order valence-corrected chi connectivity index (χ2v) is 4.73. The summed E-state index contributed by atoms with van der Waals surface area (Å²) in [5.41, 5.74) is 5.64. The van der Waals surface area contributed by atoms with Gasteiger partial charge in [-0.2, -0.15) is 8.42 Å². The van der Waals surface area contributed by atoms with Gasteiger partial charge in [0, 0.05) is 5.02 Å². The molecule has 0 spiro atoms. The number of hydrogen-bond acceptors (Lipinski definition) is 4. The Balaban J connectivity index is 2.71. The minimum Gasteiger partial charge on any atom is -0.369 e. The van der Waals surface area contributed by atoms with Crippen molar-refractivity contribution in [2.75, 3.05) is 5.32 Å². The molecule has 0 radical (unpaired) electrons. The van der Waals surface area contributed by atoms with E-state index in [1.54, 1.807) is 0 Å². The van der Waals surface area contributed by atoms with E-state index in [0.29, 0.717) is 10.7 Å². The molecule has 1 aliphatic rings. The molecule has 1 aliphatic heterocycles. The molecule has 0 atom stereocenters. The van der Waals surface area contributed by atoms with E-state index >= 15 is 0 Å². The van der Waals surface area contributed by atoms with Crippen LogP contribution in [-0.2, 0) is 10.0 Å². The number of benzene rings is 1. The molecule has 14 heavy (non-hydrogen) atoms. The molecule has 3 N–H and O–H groups in total. The summed E-state index contributed by atoms with van der Waals surface area (Å²) in [7, 11) is -3.67. The highest BCUT2D eigenvalue weighted by atomic mass is 35.5. The van der Waals surface area contributed by atoms with E-state index in [1.807, 2.05) is 0 Å². The van der Waals surface area contributed by atoms with Gasteiger partial charge in [0.15, 0.2) is 0 Å². The third-order valence-corrected chi connectivity index (χ3v) is 3.28. The van der Waals surface area contributed by atoms with Gasteiger partial charge in [0.05, 0.1) is 5.69 Å². The van der Waals surface area contributed by atoms with Crippen LogP contribution in [0.1, 0.15) is 0 Å². The zero-order chi connectivity index (χ0) is 10.3. The molecule has 0 aliphatic carbocycles. The molecule has 1 aromatic carbocycles. The summed E-state index contributed by atoms with van der Waals surface area (Å²) in [5.74, 6) is -0.153. The van der Waals surface area contributed by atoms with E-state index < -0.39 is 10.0 Å². The summed E-state index contributed by atoms with van der Waals surface area (Å²) in [4.78, 5) is 0.0797. The Morgan fingerprint density at radius 2 is 2.14 bits per heavy atom. The quantitative estimate of drug-likeness (QED) is 0.691. The lowest BCUT2D eigenvalue weighted by Crippen LogP contribution is -2.28. The number of sulfonamides is 1. The molecule has 7 heteroatoms. The van der Waals surface area contributed by atoms with E-state index in [0.717, 1.165) is 0 Å². The molecule has 74 valence electrons. The number of nitrogens with one attached hydrogen (secondary N) is 1. The highest BCUT2D eigenvalue weighted by molar-refractivity contribution is 7.90. The lowest BCUT2D eigenvalue weighted by atomic mass is 10.3. The van der Waals surface area contributed by atoms with Gasteiger partial charge in [-0.3, -0.25) is 0 Å². The van der Waals surface area contributed by atoms with Crippen molar-refractivity contribution in [3.63, 3.8) is 0 Å². The zero-order valence-electron chi connectivity index (χ0n) is 6.86. The second-order valence-electron chi connectivity index (χ2n) is 2.72. The molecule has 0 fully saturated rings. The van der Waals surface area contributed by atoms with Crippen LogP contribution < -0.4 is 11.1 Å². The topological polar surface area (TPSA) is 84.5 Å². The molecule has 0 aromatic heterocycles. The van der Waals surface area contributed by atoms with E-state index in [1.165, 1.54) is 18.2 Å². The van der Waals surface area contributed by atoms with Gasteiger partial charge in [-0.15, -0.1) is 4.40 Å². The number of rotatable bonds is 0. The van der Waals surface area contributed by atoms with Crippen molar-refractivity contribution in [2.24, 2.45) is 10.1 Å². The lowest BCUT2D eigenvalue weighted by molar-refractivity contribution is 0.597. The zero-order valence-corrected chi connectivity index (χ0v) is 8.43. The first-order chi connectivity index (χ1) is 6.49. The highest BCUT2D eigenvalue weighted by Crippen LogP contribution is 2.28. The average Bonchev–Trinajstić information content (AvgIpc) is 2.00. The first kappa shape index (κ1) is 9.29. The Morgan fingerprint density at radius 3 is 2.86 bits per heavy atom. The van der Waals surface area contributed by atoms with Crippen LogP contribution in [0.25, 0.3) is 0 Å². The van der Waals surface area contributed by atoms with Crippen molar-refractivity contribution in [1.82, 2.24) is 0 Å². The van der Waals surface area contributed by atoms with Crippen LogP contribution in [0.4, 0.5) is 5.69 Å². The third kappa shape index (κ3) is 1.42. The van der Waals surface area contributed by atoms with Gasteiger partial charge in [-0.25, -0.2) is 0 Å². The summed E-state index contributed by atoms with van der Waals surface area (Å²) >= 11 is 5.70. The second kappa shape index (κ2) is 2.86. The monoisotopic (exact) mass is 231 g/mol. The molecule has 0 saturated carbocycles. The van der Waals surface area contributed by atoms with Gasteiger partial charge in [0.25, 0.3) is 10.0 Å². The van der Waals surface area contributed by atoms with Crippen molar-refractivity contribution in [3.05, 3.63) is 23.2 Å². The van der Waals surface area contributed by atoms with E-state index in [2.05, 4.69) is 9.71 Å². The molecular weight excluding hydrogens is 226 g/mol. The van der Waals surface area contributed by atoms with Crippen LogP contribution in [0.15, 0.2) is 27.5 Å². The lowest BCUT2D eigenvalue weighted by Gasteiger charge is -2.15. The van der Waals surface area contributed by atoms with Gasteiger partial charge in [-0.05, 0) is 18.2 Å². The van der Waals surface area contributed by atoms with Crippen LogP contribution in [0, 0.1) is 0 Å². The number of halogens is 1. The van der Waals surface area contributed by atoms with Crippen molar-refractivity contribution in [3.8, 4) is 0 Å². The first-order valence-electron chi connectivity index (χ1n) is 3.66. The standard InChI is InChI=1S/C7H6ClN3O2S/c8-4-1-2-6-5(3-4)10-7(9)11-14(6,12)13/h1-3H,(H3,9,10,11). The summed E-state index contributed by atoms with van der Waals surface area (Å²) in [5, 5.41) is 3.05. The Labute approximate surface area is 85.6 Å². The maximum absolute atomic E-state index is 11.4. The fraction of sp³-hybridized carbons (Fsp3) is 0. The first-order valence-corrected chi connectivity index (χ1v) is 5.48. The summed E-state index contributed by atoms with van der Waals surface area (Å²) in [6.45, 7) is 0. The Morgan fingerprint density at radius 1 is 1.43 bits per heavy atom. The maximum atomic E-state index is 11.4. The van der Waals surface area contributed by atoms with Gasteiger partial charge < -0.3 is 11.1 Å². The molecule has 0 amide bonds. The van der Waals surface area contributed by atoms with Crippen molar-refractivity contribution < 1.29 is 8.42 Å². The molecule has 0 saturated heterocycles. The minimum atomic E-state index is -3.67. The molecule has 5 nitrogen and oxygen atoms in total. The number of anilines is 1. The van der Waals surface area contributed by atoms with Crippen LogP contribution in [0.5, 0.6) is 0 Å². The number of fused-ring (bicyclic) bond motifs is 1. The van der Waals surface area contributed by atoms with Gasteiger partial charge in [-0.1, -0.05) is 11.6 Å². The van der Waals surface area contributed by atoms with E-state index in [9.17, 15) is 8.42 Å². The normalized spacial score (nSPS) is 17.9. The SMILES string of the molecule is NC1=NS(=O)(=O)c2ccc(Cl)cc2N1. The molecule has 0 unspecified atom stereocenters. The van der Waals surface area contributed by atoms with Crippen LogP contribution in [0.2, 0.25) is 5.02 Å². The van der Waals surface area contributed by atoms with Gasteiger partial charge in [0.1, 0.15) is 4.90 Å². The summed E-state index contributed by atoms with van der Waals surface area (Å²) in [6, 6.07) is 4.35. The molecule has 2 rings (SSSR count). The minimum absolute atomic E-state index is 0.0797. The van der Waals surface area contributed by atoms with Gasteiger partial charge >= 0.3 is 0 Å². The predicted octanol–water partition coefficient (Wildman–Crippen LogP) is 0.769. The van der Waals surface area contributed by atoms with Crippen LogP contribution in [-0.4, -0.2) is 14.4 Å². The van der Waals surface area contributed by atoms with Gasteiger partial charge in [0.2, 0.25) is 5.96 Å². The van der Waals surface area contributed by atoms with Crippen molar-refractivity contribution >= 4 is 33.3 Å². The number of guanidine groups is 1. The average molecular weight is 232 g/mol. The fourth-order valence-electron chi connectivity index (χ4n) is 1.16. The maximum Gasteiger partial charge on any atom is 0.287 e. The number of nitrogens with two attached hydrogens (primary N) is 1. The largest absolute Gasteiger partial charge is 0.369 e. The molecule has 1 aromatic rings. The van der Waals surface area contributed by atoms with Crippen molar-refractivity contribution in [2.45, 2.75) is 4.90 Å². The van der Waals surface area contributed by atoms with Crippen LogP contribution in [0.3, 0.4) is 0 Å². The van der Waals surface area contributed by atoms with Crippen LogP contribution >= 0.6 is 11.6 Å². The molecule has 1 heterocycles. The Hall–Kier alpha value is -1.27. The Bertz CT molecular complexity index is 524. The summed E-state index contributed by atoms with van der Waals surface area (Å²) in [6.07, 6.45) is 0. The Kier molecular flexibility index (Phi) is 1.90. The highest BCUT2D eigenvalue weighted by Gasteiger charge is 2.23. The molecule has 0 bridgehead atoms. The number of hydrogen-bond donors (Lipinski definition) is 2. The molecular formula is C7H6ClN3O2S. The van der Waals surface area contributed by atoms with E-state index in [-0.39, 0.29) is 10.9 Å². The predicted molar refractivity (Wildman–Crippen MR) is 53.9 cm³/mol.